The van der Waals surface area contributed by atoms with Crippen molar-refractivity contribution in [2.75, 3.05) is 15.9 Å². The molecule has 0 aliphatic heterocycles. The van der Waals surface area contributed by atoms with Crippen LogP contribution in [0.5, 0.6) is 0 Å². The number of nitrogens with zero attached hydrogens (tertiary/aromatic N) is 1. The Morgan fingerprint density at radius 2 is 1.79 bits per heavy atom. The van der Waals surface area contributed by atoms with Crippen molar-refractivity contribution in [2.45, 2.75) is 19.9 Å². The minimum atomic E-state index is -3.63. The zero-order valence-corrected chi connectivity index (χ0v) is 15.2. The van der Waals surface area contributed by atoms with Crippen LogP contribution in [0.3, 0.4) is 0 Å². The predicted octanol–water partition coefficient (Wildman–Crippen LogP) is 3.44. The van der Waals surface area contributed by atoms with Gasteiger partial charge in [-0.2, -0.15) is 0 Å². The molecule has 0 heterocycles. The highest BCUT2D eigenvalue weighted by Gasteiger charge is 2.29. The van der Waals surface area contributed by atoms with Crippen LogP contribution in [0.15, 0.2) is 48.5 Å². The summed E-state index contributed by atoms with van der Waals surface area (Å²) in [5, 5.41) is 3.24. The maximum atomic E-state index is 12.6. The lowest BCUT2D eigenvalue weighted by Crippen LogP contribution is -2.45. The fourth-order valence-electron chi connectivity index (χ4n) is 2.35. The predicted molar refractivity (Wildman–Crippen MR) is 98.0 cm³/mol. The molecule has 24 heavy (non-hydrogen) atoms. The summed E-state index contributed by atoms with van der Waals surface area (Å²) in [6.07, 6.45) is 1.08. The number of sulfonamides is 1. The summed E-state index contributed by atoms with van der Waals surface area (Å²) in [6, 6.07) is 12.7. The second-order valence-corrected chi connectivity index (χ2v) is 7.81. The Hall–Kier alpha value is -2.05. The zero-order valence-electron chi connectivity index (χ0n) is 13.7. The maximum absolute atomic E-state index is 12.6. The maximum Gasteiger partial charge on any atom is 0.248 e. The summed E-state index contributed by atoms with van der Waals surface area (Å²) in [4.78, 5) is 12.6. The van der Waals surface area contributed by atoms with Crippen LogP contribution in [-0.2, 0) is 14.8 Å². The van der Waals surface area contributed by atoms with Gasteiger partial charge in [-0.15, -0.1) is 0 Å². The highest BCUT2D eigenvalue weighted by atomic mass is 35.5. The van der Waals surface area contributed by atoms with Gasteiger partial charge in [-0.25, -0.2) is 8.42 Å². The molecule has 0 aliphatic carbocycles. The van der Waals surface area contributed by atoms with Crippen LogP contribution in [0, 0.1) is 6.92 Å². The Balaban J connectivity index is 2.31. The third-order valence-corrected chi connectivity index (χ3v) is 5.03. The van der Waals surface area contributed by atoms with E-state index in [9.17, 15) is 13.2 Å². The topological polar surface area (TPSA) is 66.5 Å². The molecule has 0 aromatic heterocycles. The molecular formula is C17H19ClN2O3S. The number of carbonyl (C=O) groups excluding carboxylic acids is 1. The number of hydrogen-bond donors (Lipinski definition) is 1. The number of rotatable bonds is 5. The Morgan fingerprint density at radius 3 is 2.38 bits per heavy atom. The molecule has 128 valence electrons. The quantitative estimate of drug-likeness (QED) is 0.881. The smallest absolute Gasteiger partial charge is 0.248 e. The molecule has 5 nitrogen and oxygen atoms in total. The number of amides is 1. The van der Waals surface area contributed by atoms with Gasteiger partial charge < -0.3 is 5.32 Å². The van der Waals surface area contributed by atoms with Crippen molar-refractivity contribution in [3.63, 3.8) is 0 Å². The van der Waals surface area contributed by atoms with Crippen LogP contribution >= 0.6 is 11.6 Å². The van der Waals surface area contributed by atoms with Crippen molar-refractivity contribution in [2.24, 2.45) is 0 Å². The second kappa shape index (κ2) is 7.23. The molecule has 0 fully saturated rings. The largest absolute Gasteiger partial charge is 0.324 e. The van der Waals surface area contributed by atoms with E-state index in [2.05, 4.69) is 5.32 Å². The number of nitrogens with one attached hydrogen (secondary N) is 1. The van der Waals surface area contributed by atoms with Gasteiger partial charge in [0.25, 0.3) is 0 Å². The molecule has 1 N–H and O–H groups in total. The Labute approximate surface area is 147 Å². The van der Waals surface area contributed by atoms with Gasteiger partial charge in [0.15, 0.2) is 0 Å². The third-order valence-electron chi connectivity index (χ3n) is 3.56. The Morgan fingerprint density at radius 1 is 1.17 bits per heavy atom. The van der Waals surface area contributed by atoms with Crippen molar-refractivity contribution < 1.29 is 13.2 Å². The molecule has 1 amide bonds. The van der Waals surface area contributed by atoms with Crippen molar-refractivity contribution in [1.29, 1.82) is 0 Å². The highest BCUT2D eigenvalue weighted by molar-refractivity contribution is 7.92. The number of aryl methyl sites for hydroxylation is 1. The van der Waals surface area contributed by atoms with Crippen LogP contribution in [0.25, 0.3) is 0 Å². The molecule has 1 atom stereocenters. The number of halogens is 1. The lowest BCUT2D eigenvalue weighted by atomic mass is 10.2. The molecule has 1 unspecified atom stereocenters. The molecule has 0 radical (unpaired) electrons. The van der Waals surface area contributed by atoms with Gasteiger partial charge in [0.2, 0.25) is 15.9 Å². The van der Waals surface area contributed by atoms with Crippen LogP contribution in [0.1, 0.15) is 12.5 Å². The number of anilines is 2. The Kier molecular flexibility index (Phi) is 5.51. The van der Waals surface area contributed by atoms with Crippen molar-refractivity contribution >= 4 is 38.9 Å². The summed E-state index contributed by atoms with van der Waals surface area (Å²) in [6.45, 7) is 3.38. The number of hydrogen-bond acceptors (Lipinski definition) is 3. The van der Waals surface area contributed by atoms with E-state index in [1.54, 1.807) is 55.5 Å². The van der Waals surface area contributed by atoms with Gasteiger partial charge in [-0.05, 0) is 43.7 Å². The number of benzene rings is 2. The van der Waals surface area contributed by atoms with E-state index in [4.69, 9.17) is 11.6 Å². The minimum Gasteiger partial charge on any atom is -0.324 e. The third kappa shape index (κ3) is 4.27. The van der Waals surface area contributed by atoms with Gasteiger partial charge >= 0.3 is 0 Å². The van der Waals surface area contributed by atoms with E-state index < -0.39 is 22.0 Å². The molecular weight excluding hydrogens is 348 g/mol. The monoisotopic (exact) mass is 366 g/mol. The average molecular weight is 367 g/mol. The number of carbonyl (C=O) groups is 1. The SMILES string of the molecule is Cc1ccc(Cl)cc1NC(=O)C(C)N(c1ccccc1)S(C)(=O)=O. The molecule has 2 aromatic rings. The van der Waals surface area contributed by atoms with E-state index in [0.717, 1.165) is 16.1 Å². The molecule has 2 rings (SSSR count). The molecule has 0 bridgehead atoms. The van der Waals surface area contributed by atoms with Crippen LogP contribution in [0.2, 0.25) is 5.02 Å². The normalized spacial score (nSPS) is 12.5. The van der Waals surface area contributed by atoms with Crippen molar-refractivity contribution in [1.82, 2.24) is 0 Å². The van der Waals surface area contributed by atoms with Gasteiger partial charge in [0.1, 0.15) is 6.04 Å². The first-order chi connectivity index (χ1) is 11.2. The first-order valence-electron chi connectivity index (χ1n) is 7.31. The fraction of sp³-hybridized carbons (Fsp3) is 0.235. The molecule has 7 heteroatoms. The Bertz CT molecular complexity index is 838. The first kappa shape index (κ1) is 18.3. The summed E-state index contributed by atoms with van der Waals surface area (Å²) >= 11 is 5.95. The van der Waals surface area contributed by atoms with Gasteiger partial charge in [-0.3, -0.25) is 9.10 Å². The van der Waals surface area contributed by atoms with E-state index in [1.807, 2.05) is 6.92 Å². The van der Waals surface area contributed by atoms with Crippen LogP contribution < -0.4 is 9.62 Å². The van der Waals surface area contributed by atoms with Gasteiger partial charge in [-0.1, -0.05) is 35.9 Å². The fourth-order valence-corrected chi connectivity index (χ4v) is 3.70. The standard InChI is InChI=1S/C17H19ClN2O3S/c1-12-9-10-14(18)11-16(12)19-17(21)13(2)20(24(3,22)23)15-7-5-4-6-8-15/h4-11,13H,1-3H3,(H,19,21). The average Bonchev–Trinajstić information content (AvgIpc) is 2.50. The molecule has 0 saturated carbocycles. The molecule has 0 aliphatic rings. The van der Waals surface area contributed by atoms with E-state index in [0.29, 0.717) is 16.4 Å². The lowest BCUT2D eigenvalue weighted by Gasteiger charge is -2.28. The summed E-state index contributed by atoms with van der Waals surface area (Å²) in [7, 11) is -3.63. The lowest BCUT2D eigenvalue weighted by molar-refractivity contribution is -0.116. The summed E-state index contributed by atoms with van der Waals surface area (Å²) < 4.78 is 25.5. The van der Waals surface area contributed by atoms with E-state index in [1.165, 1.54) is 0 Å². The summed E-state index contributed by atoms with van der Waals surface area (Å²) in [5.74, 6) is -0.436. The van der Waals surface area contributed by atoms with Gasteiger partial charge in [0.05, 0.1) is 11.9 Å². The molecule has 2 aromatic carbocycles. The zero-order chi connectivity index (χ0) is 17.9. The second-order valence-electron chi connectivity index (χ2n) is 5.52. The highest BCUT2D eigenvalue weighted by Crippen LogP contribution is 2.23. The van der Waals surface area contributed by atoms with Crippen LogP contribution in [-0.4, -0.2) is 26.6 Å². The molecule has 0 saturated heterocycles. The first-order valence-corrected chi connectivity index (χ1v) is 9.54. The van der Waals surface area contributed by atoms with Crippen LogP contribution in [0.4, 0.5) is 11.4 Å². The van der Waals surface area contributed by atoms with Crippen molar-refractivity contribution in [3.8, 4) is 0 Å². The number of para-hydroxylation sites is 1. The minimum absolute atomic E-state index is 0.436. The van der Waals surface area contributed by atoms with E-state index in [-0.39, 0.29) is 0 Å². The van der Waals surface area contributed by atoms with Gasteiger partial charge in [0, 0.05) is 10.7 Å². The summed E-state index contributed by atoms with van der Waals surface area (Å²) in [5.41, 5.74) is 1.83. The molecule has 0 spiro atoms. The van der Waals surface area contributed by atoms with E-state index >= 15 is 0 Å². The van der Waals surface area contributed by atoms with Crippen molar-refractivity contribution in [3.05, 3.63) is 59.1 Å².